The molecule has 2 aromatic heterocycles. The fraction of sp³-hybridized carbons (Fsp3) is 0.545. The molecule has 0 fully saturated rings. The van der Waals surface area contributed by atoms with Gasteiger partial charge in [0, 0.05) is 18.3 Å². The summed E-state index contributed by atoms with van der Waals surface area (Å²) in [6.45, 7) is 7.58. The molecule has 18 heavy (non-hydrogen) atoms. The summed E-state index contributed by atoms with van der Waals surface area (Å²) in [7, 11) is 0. The lowest BCUT2D eigenvalue weighted by molar-refractivity contribution is 0.308. The fourth-order valence-electron chi connectivity index (χ4n) is 1.72. The van der Waals surface area contributed by atoms with Gasteiger partial charge >= 0.3 is 0 Å². The van der Waals surface area contributed by atoms with Crippen LogP contribution >= 0.6 is 23.6 Å². The Morgan fingerprint density at radius 3 is 2.67 bits per heavy atom. The summed E-state index contributed by atoms with van der Waals surface area (Å²) in [6, 6.07) is 0. The van der Waals surface area contributed by atoms with Crippen LogP contribution in [0.4, 0.5) is 0 Å². The largest absolute Gasteiger partial charge is 0.303 e. The lowest BCUT2D eigenvalue weighted by atomic mass is 10.4. The minimum absolute atomic E-state index is 0.461. The molecule has 5 nitrogen and oxygen atoms in total. The van der Waals surface area contributed by atoms with Crippen molar-refractivity contribution < 1.29 is 0 Å². The average Bonchev–Trinajstić information content (AvgIpc) is 2.99. The third-order valence-corrected chi connectivity index (χ3v) is 3.93. The summed E-state index contributed by atoms with van der Waals surface area (Å²) < 4.78 is 0.461. The highest BCUT2D eigenvalue weighted by Gasteiger charge is 2.08. The number of nitrogens with one attached hydrogen (secondary N) is 2. The standard InChI is InChI=1S/C11H17N5S2/c1-3-16(4-2)6-5-9-12-8(7-18-9)10-13-11(17)15-14-10/h7H,3-6H2,1-2H3,(H2,13,14,15,17). The number of aromatic amines is 2. The summed E-state index contributed by atoms with van der Waals surface area (Å²) in [5.41, 5.74) is 0.863. The molecule has 2 rings (SSSR count). The highest BCUT2D eigenvalue weighted by molar-refractivity contribution is 7.71. The summed E-state index contributed by atoms with van der Waals surface area (Å²) in [4.78, 5) is 11.1. The van der Waals surface area contributed by atoms with Crippen molar-refractivity contribution in [3.63, 3.8) is 0 Å². The van der Waals surface area contributed by atoms with Gasteiger partial charge in [-0.05, 0) is 25.3 Å². The number of likely N-dealkylation sites (N-methyl/N-ethyl adjacent to an activating group) is 1. The zero-order valence-corrected chi connectivity index (χ0v) is 12.2. The van der Waals surface area contributed by atoms with Gasteiger partial charge < -0.3 is 4.90 Å². The Balaban J connectivity index is 2.00. The van der Waals surface area contributed by atoms with Crippen LogP contribution in [0.5, 0.6) is 0 Å². The van der Waals surface area contributed by atoms with Gasteiger partial charge in [0.1, 0.15) is 5.69 Å². The van der Waals surface area contributed by atoms with Crippen molar-refractivity contribution in [1.29, 1.82) is 0 Å². The first-order chi connectivity index (χ1) is 8.72. The number of aromatic nitrogens is 4. The molecule has 0 amide bonds. The van der Waals surface area contributed by atoms with Crippen LogP contribution in [0.1, 0.15) is 18.9 Å². The predicted octanol–water partition coefficient (Wildman–Crippen LogP) is 2.48. The Morgan fingerprint density at radius 1 is 1.28 bits per heavy atom. The van der Waals surface area contributed by atoms with E-state index in [4.69, 9.17) is 12.2 Å². The maximum absolute atomic E-state index is 4.93. The lowest BCUT2D eigenvalue weighted by Gasteiger charge is -2.16. The van der Waals surface area contributed by atoms with E-state index in [-0.39, 0.29) is 0 Å². The van der Waals surface area contributed by atoms with Crippen molar-refractivity contribution in [2.75, 3.05) is 19.6 Å². The molecular weight excluding hydrogens is 266 g/mol. The van der Waals surface area contributed by atoms with Gasteiger partial charge in [-0.25, -0.2) is 4.98 Å². The third kappa shape index (κ3) is 3.24. The molecule has 2 aromatic rings. The Bertz CT molecular complexity index is 537. The van der Waals surface area contributed by atoms with Gasteiger partial charge in [0.15, 0.2) is 5.82 Å². The maximum Gasteiger partial charge on any atom is 0.213 e. The molecule has 0 saturated carbocycles. The van der Waals surface area contributed by atoms with E-state index < -0.39 is 0 Å². The van der Waals surface area contributed by atoms with Crippen LogP contribution < -0.4 is 0 Å². The molecule has 98 valence electrons. The second-order valence-corrected chi connectivity index (χ2v) is 5.25. The van der Waals surface area contributed by atoms with Crippen LogP contribution in [0.2, 0.25) is 0 Å². The van der Waals surface area contributed by atoms with Crippen LogP contribution in [0, 0.1) is 4.77 Å². The number of rotatable bonds is 6. The average molecular weight is 283 g/mol. The minimum atomic E-state index is 0.461. The highest BCUT2D eigenvalue weighted by atomic mass is 32.1. The molecule has 0 aliphatic carbocycles. The molecule has 0 bridgehead atoms. The van der Waals surface area contributed by atoms with E-state index in [1.165, 1.54) is 0 Å². The van der Waals surface area contributed by atoms with Gasteiger partial charge in [0.25, 0.3) is 0 Å². The van der Waals surface area contributed by atoms with E-state index in [1.54, 1.807) is 11.3 Å². The molecule has 0 aliphatic heterocycles. The number of nitrogens with zero attached hydrogens (tertiary/aromatic N) is 3. The van der Waals surface area contributed by atoms with Crippen LogP contribution in [0.25, 0.3) is 11.5 Å². The number of hydrogen-bond acceptors (Lipinski definition) is 5. The molecule has 0 spiro atoms. The zero-order valence-electron chi connectivity index (χ0n) is 10.6. The lowest BCUT2D eigenvalue weighted by Crippen LogP contribution is -2.25. The number of H-pyrrole nitrogens is 2. The Hall–Kier alpha value is -1.05. The summed E-state index contributed by atoms with van der Waals surface area (Å²) in [5, 5.41) is 8.85. The third-order valence-electron chi connectivity index (χ3n) is 2.83. The smallest absolute Gasteiger partial charge is 0.213 e. The first kappa shape index (κ1) is 13.4. The molecule has 0 unspecified atom stereocenters. The van der Waals surface area contributed by atoms with E-state index in [2.05, 4.69) is 38.9 Å². The van der Waals surface area contributed by atoms with Crippen molar-refractivity contribution in [1.82, 2.24) is 25.1 Å². The molecule has 0 aliphatic rings. The SMILES string of the molecule is CCN(CC)CCc1nc(-c2nc(=S)[nH][nH]2)cs1. The Kier molecular flexibility index (Phi) is 4.62. The normalized spacial score (nSPS) is 11.3. The number of hydrogen-bond donors (Lipinski definition) is 2. The van der Waals surface area contributed by atoms with Crippen molar-refractivity contribution in [2.45, 2.75) is 20.3 Å². The van der Waals surface area contributed by atoms with Gasteiger partial charge in [-0.15, -0.1) is 11.3 Å². The first-order valence-corrected chi connectivity index (χ1v) is 7.33. The topological polar surface area (TPSA) is 60.6 Å². The molecule has 0 atom stereocenters. The van der Waals surface area contributed by atoms with Gasteiger partial charge in [0.2, 0.25) is 4.77 Å². The Morgan fingerprint density at radius 2 is 2.06 bits per heavy atom. The molecular formula is C11H17N5S2. The molecule has 2 heterocycles. The van der Waals surface area contributed by atoms with E-state index in [0.29, 0.717) is 10.6 Å². The Labute approximate surface area is 115 Å². The van der Waals surface area contributed by atoms with Crippen molar-refractivity contribution >= 4 is 23.6 Å². The van der Waals surface area contributed by atoms with Gasteiger partial charge in [-0.2, -0.15) is 4.98 Å². The van der Waals surface area contributed by atoms with Crippen LogP contribution in [0.15, 0.2) is 5.38 Å². The predicted molar refractivity (Wildman–Crippen MR) is 76.4 cm³/mol. The highest BCUT2D eigenvalue weighted by Crippen LogP contribution is 2.18. The van der Waals surface area contributed by atoms with Crippen LogP contribution in [-0.2, 0) is 6.42 Å². The van der Waals surface area contributed by atoms with E-state index in [9.17, 15) is 0 Å². The van der Waals surface area contributed by atoms with E-state index >= 15 is 0 Å². The quantitative estimate of drug-likeness (QED) is 0.800. The van der Waals surface area contributed by atoms with Crippen molar-refractivity contribution in [3.05, 3.63) is 15.2 Å². The summed E-state index contributed by atoms with van der Waals surface area (Å²) in [6.07, 6.45) is 0.984. The minimum Gasteiger partial charge on any atom is -0.303 e. The number of thiazole rings is 1. The molecule has 0 saturated heterocycles. The van der Waals surface area contributed by atoms with Gasteiger partial charge in [-0.3, -0.25) is 10.2 Å². The maximum atomic E-state index is 4.93. The van der Waals surface area contributed by atoms with Crippen LogP contribution in [0.3, 0.4) is 0 Å². The second kappa shape index (κ2) is 6.21. The van der Waals surface area contributed by atoms with Crippen LogP contribution in [-0.4, -0.2) is 44.7 Å². The van der Waals surface area contributed by atoms with Gasteiger partial charge in [-0.1, -0.05) is 13.8 Å². The fourth-order valence-corrected chi connectivity index (χ4v) is 2.63. The molecule has 0 radical (unpaired) electrons. The zero-order chi connectivity index (χ0) is 13.0. The summed E-state index contributed by atoms with van der Waals surface area (Å²) in [5.74, 6) is 0.713. The molecule has 7 heteroatoms. The monoisotopic (exact) mass is 283 g/mol. The second-order valence-electron chi connectivity index (χ2n) is 3.92. The van der Waals surface area contributed by atoms with E-state index in [1.807, 2.05) is 5.38 Å². The molecule has 0 aromatic carbocycles. The van der Waals surface area contributed by atoms with E-state index in [0.717, 1.165) is 36.8 Å². The first-order valence-electron chi connectivity index (χ1n) is 6.04. The van der Waals surface area contributed by atoms with Crippen molar-refractivity contribution in [3.8, 4) is 11.5 Å². The summed E-state index contributed by atoms with van der Waals surface area (Å²) >= 11 is 6.60. The van der Waals surface area contributed by atoms with Crippen molar-refractivity contribution in [2.24, 2.45) is 0 Å². The molecule has 2 N–H and O–H groups in total. The van der Waals surface area contributed by atoms with Gasteiger partial charge in [0.05, 0.1) is 5.01 Å².